The summed E-state index contributed by atoms with van der Waals surface area (Å²) < 4.78 is 0. The Labute approximate surface area is 153 Å². The first-order valence-corrected chi connectivity index (χ1v) is 8.51. The Morgan fingerprint density at radius 3 is 1.96 bits per heavy atom. The molecule has 25 heavy (non-hydrogen) atoms. The van der Waals surface area contributed by atoms with Gasteiger partial charge in [-0.2, -0.15) is 0 Å². The van der Waals surface area contributed by atoms with Crippen LogP contribution >= 0.6 is 11.6 Å². The van der Waals surface area contributed by atoms with Crippen molar-refractivity contribution >= 4 is 28.8 Å². The SMILES string of the molecule is CNc1nc(Cl)cc(N(Cc2ccccc2)Cc2ccccc2)c1N. The molecule has 0 saturated heterocycles. The molecule has 4 nitrogen and oxygen atoms in total. The highest BCUT2D eigenvalue weighted by molar-refractivity contribution is 6.30. The number of hydrogen-bond acceptors (Lipinski definition) is 4. The molecule has 5 heteroatoms. The van der Waals surface area contributed by atoms with Gasteiger partial charge in [0.05, 0.1) is 11.4 Å². The van der Waals surface area contributed by atoms with Gasteiger partial charge in [-0.3, -0.25) is 0 Å². The second kappa shape index (κ2) is 7.90. The predicted molar refractivity (Wildman–Crippen MR) is 106 cm³/mol. The van der Waals surface area contributed by atoms with E-state index >= 15 is 0 Å². The van der Waals surface area contributed by atoms with Crippen LogP contribution < -0.4 is 16.0 Å². The third-order valence-corrected chi connectivity index (χ3v) is 4.21. The summed E-state index contributed by atoms with van der Waals surface area (Å²) in [5, 5.41) is 3.43. The molecule has 0 fully saturated rings. The van der Waals surface area contributed by atoms with Gasteiger partial charge in [0.2, 0.25) is 0 Å². The number of benzene rings is 2. The van der Waals surface area contributed by atoms with E-state index in [-0.39, 0.29) is 0 Å². The second-order valence-corrected chi connectivity index (χ2v) is 6.19. The van der Waals surface area contributed by atoms with Crippen LogP contribution in [0.4, 0.5) is 17.2 Å². The number of hydrogen-bond donors (Lipinski definition) is 2. The van der Waals surface area contributed by atoms with Crippen LogP contribution in [0, 0.1) is 0 Å². The van der Waals surface area contributed by atoms with Crippen molar-refractivity contribution in [1.29, 1.82) is 0 Å². The second-order valence-electron chi connectivity index (χ2n) is 5.80. The van der Waals surface area contributed by atoms with E-state index < -0.39 is 0 Å². The Balaban J connectivity index is 2.00. The van der Waals surface area contributed by atoms with Crippen LogP contribution in [-0.4, -0.2) is 12.0 Å². The topological polar surface area (TPSA) is 54.2 Å². The lowest BCUT2D eigenvalue weighted by atomic mass is 10.1. The van der Waals surface area contributed by atoms with E-state index in [1.807, 2.05) is 42.5 Å². The summed E-state index contributed by atoms with van der Waals surface area (Å²) >= 11 is 6.22. The van der Waals surface area contributed by atoms with Crippen molar-refractivity contribution in [3.63, 3.8) is 0 Å². The minimum absolute atomic E-state index is 0.416. The van der Waals surface area contributed by atoms with Gasteiger partial charge >= 0.3 is 0 Å². The number of nitrogens with two attached hydrogens (primary N) is 1. The minimum atomic E-state index is 0.416. The standard InChI is InChI=1S/C20H21ClN4/c1-23-20-19(22)17(12-18(21)24-20)25(13-15-8-4-2-5-9-15)14-16-10-6-3-7-11-16/h2-12H,13-14,22H2,1H3,(H,23,24). The normalized spacial score (nSPS) is 10.5. The van der Waals surface area contributed by atoms with Crippen LogP contribution in [0.25, 0.3) is 0 Å². The summed E-state index contributed by atoms with van der Waals surface area (Å²) in [6.07, 6.45) is 0. The molecule has 3 aromatic rings. The number of anilines is 3. The van der Waals surface area contributed by atoms with E-state index in [0.717, 1.165) is 18.8 Å². The third-order valence-electron chi connectivity index (χ3n) is 4.02. The van der Waals surface area contributed by atoms with E-state index in [0.29, 0.717) is 16.7 Å². The van der Waals surface area contributed by atoms with Crippen molar-refractivity contribution in [1.82, 2.24) is 4.98 Å². The monoisotopic (exact) mass is 352 g/mol. The Hall–Kier alpha value is -2.72. The van der Waals surface area contributed by atoms with Gasteiger partial charge in [0.1, 0.15) is 5.15 Å². The Bertz CT molecular complexity index is 780. The first-order chi connectivity index (χ1) is 12.2. The molecular weight excluding hydrogens is 332 g/mol. The molecule has 0 amide bonds. The van der Waals surface area contributed by atoms with Crippen molar-refractivity contribution in [3.05, 3.63) is 83.0 Å². The molecule has 3 N–H and O–H groups in total. The quantitative estimate of drug-likeness (QED) is 0.638. The fraction of sp³-hybridized carbons (Fsp3) is 0.150. The molecule has 0 saturated carbocycles. The van der Waals surface area contributed by atoms with E-state index in [1.54, 1.807) is 7.05 Å². The van der Waals surface area contributed by atoms with Gasteiger partial charge in [-0.1, -0.05) is 72.3 Å². The first-order valence-electron chi connectivity index (χ1n) is 8.14. The maximum Gasteiger partial charge on any atom is 0.152 e. The van der Waals surface area contributed by atoms with Crippen molar-refractivity contribution in [2.24, 2.45) is 0 Å². The van der Waals surface area contributed by atoms with Gasteiger partial charge in [0, 0.05) is 26.2 Å². The molecule has 0 aliphatic heterocycles. The van der Waals surface area contributed by atoms with E-state index in [9.17, 15) is 0 Å². The summed E-state index contributed by atoms with van der Waals surface area (Å²) in [6, 6.07) is 22.4. The highest BCUT2D eigenvalue weighted by Gasteiger charge is 2.16. The Morgan fingerprint density at radius 2 is 1.48 bits per heavy atom. The Kier molecular flexibility index (Phi) is 5.41. The summed E-state index contributed by atoms with van der Waals surface area (Å²) in [4.78, 5) is 6.47. The van der Waals surface area contributed by atoms with E-state index in [1.165, 1.54) is 11.1 Å². The van der Waals surface area contributed by atoms with Gasteiger partial charge in [-0.15, -0.1) is 0 Å². The number of nitrogen functional groups attached to an aromatic ring is 1. The Morgan fingerprint density at radius 1 is 0.960 bits per heavy atom. The summed E-state index contributed by atoms with van der Waals surface area (Å²) in [5.74, 6) is 0.591. The van der Waals surface area contributed by atoms with Crippen molar-refractivity contribution in [2.45, 2.75) is 13.1 Å². The van der Waals surface area contributed by atoms with Crippen molar-refractivity contribution in [2.75, 3.05) is 23.0 Å². The number of rotatable bonds is 6. The van der Waals surface area contributed by atoms with E-state index in [2.05, 4.69) is 39.5 Å². The minimum Gasteiger partial charge on any atom is -0.394 e. The summed E-state index contributed by atoms with van der Waals surface area (Å²) in [6.45, 7) is 1.45. The lowest BCUT2D eigenvalue weighted by molar-refractivity contribution is 0.800. The van der Waals surface area contributed by atoms with Crippen LogP contribution in [0.5, 0.6) is 0 Å². The van der Waals surface area contributed by atoms with Crippen molar-refractivity contribution < 1.29 is 0 Å². The molecule has 0 radical (unpaired) electrons. The molecule has 2 aromatic carbocycles. The van der Waals surface area contributed by atoms with Gasteiger partial charge in [0.25, 0.3) is 0 Å². The zero-order valence-electron chi connectivity index (χ0n) is 14.1. The molecule has 3 rings (SSSR count). The molecule has 0 spiro atoms. The summed E-state index contributed by atoms with van der Waals surface area (Å²) in [5.41, 5.74) is 10.2. The number of pyridine rings is 1. The highest BCUT2D eigenvalue weighted by atomic mass is 35.5. The molecule has 0 aliphatic rings. The van der Waals surface area contributed by atoms with Gasteiger partial charge in [-0.25, -0.2) is 4.98 Å². The van der Waals surface area contributed by atoms with Crippen LogP contribution in [0.3, 0.4) is 0 Å². The van der Waals surface area contributed by atoms with Crippen LogP contribution in [0.1, 0.15) is 11.1 Å². The van der Waals surface area contributed by atoms with Gasteiger partial charge < -0.3 is 16.0 Å². The van der Waals surface area contributed by atoms with E-state index in [4.69, 9.17) is 17.3 Å². The van der Waals surface area contributed by atoms with Crippen molar-refractivity contribution in [3.8, 4) is 0 Å². The number of halogens is 1. The molecule has 0 unspecified atom stereocenters. The fourth-order valence-corrected chi connectivity index (χ4v) is 2.99. The predicted octanol–water partition coefficient (Wildman–Crippen LogP) is 4.57. The van der Waals surface area contributed by atoms with Crippen LogP contribution in [-0.2, 0) is 13.1 Å². The third kappa shape index (κ3) is 4.22. The zero-order valence-corrected chi connectivity index (χ0v) is 14.9. The fourth-order valence-electron chi connectivity index (χ4n) is 2.80. The molecule has 0 aliphatic carbocycles. The number of nitrogens with one attached hydrogen (secondary N) is 1. The van der Waals surface area contributed by atoms with Crippen LogP contribution in [0.2, 0.25) is 5.15 Å². The molecular formula is C20H21ClN4. The first kappa shape index (κ1) is 17.1. The lowest BCUT2D eigenvalue weighted by Crippen LogP contribution is -2.23. The largest absolute Gasteiger partial charge is 0.394 e. The lowest BCUT2D eigenvalue weighted by Gasteiger charge is -2.27. The summed E-state index contributed by atoms with van der Waals surface area (Å²) in [7, 11) is 1.79. The molecule has 0 bridgehead atoms. The number of nitrogens with zero attached hydrogens (tertiary/aromatic N) is 2. The number of aromatic nitrogens is 1. The van der Waals surface area contributed by atoms with Crippen LogP contribution in [0.15, 0.2) is 66.7 Å². The highest BCUT2D eigenvalue weighted by Crippen LogP contribution is 2.33. The zero-order chi connectivity index (χ0) is 17.6. The maximum atomic E-state index is 6.35. The molecule has 128 valence electrons. The smallest absolute Gasteiger partial charge is 0.152 e. The average Bonchev–Trinajstić information content (AvgIpc) is 2.64. The maximum absolute atomic E-state index is 6.35. The molecule has 0 atom stereocenters. The molecule has 1 heterocycles. The van der Waals surface area contributed by atoms with Gasteiger partial charge in [0.15, 0.2) is 5.82 Å². The molecule has 1 aromatic heterocycles. The average molecular weight is 353 g/mol. The van der Waals surface area contributed by atoms with Gasteiger partial charge in [-0.05, 0) is 11.1 Å².